The van der Waals surface area contributed by atoms with E-state index in [4.69, 9.17) is 19.7 Å². The minimum atomic E-state index is -0.431. The van der Waals surface area contributed by atoms with Gasteiger partial charge in [0.2, 0.25) is 17.8 Å². The maximum absolute atomic E-state index is 12.2. The molecular formula is C28H30N8O3S. The Hall–Kier alpha value is -4.19. The smallest absolute Gasteiger partial charge is 0.290 e. The van der Waals surface area contributed by atoms with Crippen molar-refractivity contribution in [3.63, 3.8) is 0 Å². The maximum atomic E-state index is 12.2. The number of aromatic nitrogens is 4. The number of ether oxygens (including phenoxy) is 1. The number of para-hydroxylation sites is 1. The second-order valence-electron chi connectivity index (χ2n) is 9.89. The van der Waals surface area contributed by atoms with Crippen molar-refractivity contribution in [2.24, 2.45) is 0 Å². The van der Waals surface area contributed by atoms with Gasteiger partial charge in [0.15, 0.2) is 0 Å². The number of anilines is 3. The van der Waals surface area contributed by atoms with E-state index >= 15 is 0 Å². The van der Waals surface area contributed by atoms with Crippen LogP contribution in [0.3, 0.4) is 0 Å². The van der Waals surface area contributed by atoms with E-state index in [9.17, 15) is 9.59 Å². The van der Waals surface area contributed by atoms with E-state index in [0.29, 0.717) is 29.8 Å². The van der Waals surface area contributed by atoms with Crippen molar-refractivity contribution in [1.29, 1.82) is 0 Å². The lowest BCUT2D eigenvalue weighted by Gasteiger charge is -2.25. The first kappa shape index (κ1) is 26.1. The van der Waals surface area contributed by atoms with Crippen LogP contribution in [0.4, 0.5) is 22.5 Å². The van der Waals surface area contributed by atoms with E-state index in [2.05, 4.69) is 31.1 Å². The van der Waals surface area contributed by atoms with Crippen molar-refractivity contribution in [2.75, 3.05) is 54.0 Å². The Morgan fingerprint density at radius 3 is 2.30 bits per heavy atom. The van der Waals surface area contributed by atoms with Crippen LogP contribution < -0.4 is 24.8 Å². The van der Waals surface area contributed by atoms with Crippen molar-refractivity contribution in [3.8, 4) is 11.6 Å². The van der Waals surface area contributed by atoms with Gasteiger partial charge in [0, 0.05) is 57.1 Å². The minimum Gasteiger partial charge on any atom is -0.439 e. The Bertz CT molecular complexity index is 1440. The molecule has 2 aromatic heterocycles. The summed E-state index contributed by atoms with van der Waals surface area (Å²) in [6.07, 6.45) is 4.84. The van der Waals surface area contributed by atoms with E-state index in [-0.39, 0.29) is 4.91 Å². The van der Waals surface area contributed by atoms with Crippen molar-refractivity contribution in [1.82, 2.24) is 25.3 Å². The fourth-order valence-corrected chi connectivity index (χ4v) is 5.63. The third-order valence-electron chi connectivity index (χ3n) is 6.92. The standard InChI is InChI=1S/C28H30N8O3S/c1-19-16-23(31-26(29-19)35-10-5-6-11-35)34-12-7-13-36(15-14-34)27-30-20(17-22-25(37)33-28(38)40-22)18-24(32-27)39-21-8-3-2-4-9-21/h2-4,8-9,16-18H,5-7,10-15H2,1H3,(H,33,37,38). The van der Waals surface area contributed by atoms with Gasteiger partial charge in [-0.15, -0.1) is 0 Å². The van der Waals surface area contributed by atoms with Crippen LogP contribution in [0.5, 0.6) is 11.6 Å². The van der Waals surface area contributed by atoms with Crippen LogP contribution in [-0.4, -0.2) is 70.4 Å². The lowest BCUT2D eigenvalue weighted by atomic mass is 10.3. The third-order valence-corrected chi connectivity index (χ3v) is 7.73. The molecule has 12 heteroatoms. The molecule has 11 nitrogen and oxygen atoms in total. The summed E-state index contributed by atoms with van der Waals surface area (Å²) < 4.78 is 6.05. The fourth-order valence-electron chi connectivity index (χ4n) is 4.97. The van der Waals surface area contributed by atoms with E-state index in [1.165, 1.54) is 12.8 Å². The van der Waals surface area contributed by atoms with Crippen molar-refractivity contribution >= 4 is 46.7 Å². The highest BCUT2D eigenvalue weighted by molar-refractivity contribution is 8.18. The summed E-state index contributed by atoms with van der Waals surface area (Å²) in [7, 11) is 0. The summed E-state index contributed by atoms with van der Waals surface area (Å²) in [4.78, 5) is 49.9. The van der Waals surface area contributed by atoms with E-state index in [0.717, 1.165) is 68.4 Å². The molecule has 1 aromatic carbocycles. The number of imide groups is 1. The summed E-state index contributed by atoms with van der Waals surface area (Å²) in [6, 6.07) is 13.1. The second-order valence-corrected chi connectivity index (χ2v) is 10.9. The van der Waals surface area contributed by atoms with Gasteiger partial charge >= 0.3 is 0 Å². The fraction of sp³-hybridized carbons (Fsp3) is 0.357. The van der Waals surface area contributed by atoms with Crippen molar-refractivity contribution in [3.05, 3.63) is 58.8 Å². The Morgan fingerprint density at radius 2 is 1.52 bits per heavy atom. The van der Waals surface area contributed by atoms with Gasteiger partial charge in [0.05, 0.1) is 10.6 Å². The zero-order valence-electron chi connectivity index (χ0n) is 22.2. The van der Waals surface area contributed by atoms with Gasteiger partial charge < -0.3 is 19.4 Å². The van der Waals surface area contributed by atoms with Gasteiger partial charge in [0.25, 0.3) is 11.1 Å². The summed E-state index contributed by atoms with van der Waals surface area (Å²) in [5.74, 6) is 2.84. The zero-order valence-corrected chi connectivity index (χ0v) is 23.1. The molecule has 1 N–H and O–H groups in total. The molecule has 40 heavy (non-hydrogen) atoms. The van der Waals surface area contributed by atoms with E-state index < -0.39 is 11.1 Å². The van der Waals surface area contributed by atoms with Gasteiger partial charge in [0.1, 0.15) is 11.6 Å². The number of hydrogen-bond donors (Lipinski definition) is 1. The SMILES string of the molecule is Cc1cc(N2CCCN(c3nc(C=C4SC(=O)NC4=O)cc(Oc4ccccc4)n3)CC2)nc(N2CCCC2)n1. The van der Waals surface area contributed by atoms with E-state index in [1.54, 1.807) is 12.1 Å². The van der Waals surface area contributed by atoms with Gasteiger partial charge in [-0.05, 0) is 56.2 Å². The van der Waals surface area contributed by atoms with Crippen LogP contribution in [-0.2, 0) is 4.79 Å². The number of amides is 2. The van der Waals surface area contributed by atoms with Crippen molar-refractivity contribution < 1.29 is 14.3 Å². The van der Waals surface area contributed by atoms with Crippen LogP contribution in [0.1, 0.15) is 30.7 Å². The molecule has 3 aliphatic rings. The van der Waals surface area contributed by atoms with Gasteiger partial charge in [-0.3, -0.25) is 14.9 Å². The average Bonchev–Trinajstić information content (AvgIpc) is 3.51. The molecule has 3 aromatic rings. The Labute approximate surface area is 236 Å². The molecule has 0 bridgehead atoms. The largest absolute Gasteiger partial charge is 0.439 e. The molecule has 0 spiro atoms. The van der Waals surface area contributed by atoms with Crippen LogP contribution in [0.2, 0.25) is 0 Å². The van der Waals surface area contributed by atoms with Crippen LogP contribution in [0, 0.1) is 6.92 Å². The molecule has 5 heterocycles. The molecule has 0 radical (unpaired) electrons. The lowest BCUT2D eigenvalue weighted by molar-refractivity contribution is -0.115. The summed E-state index contributed by atoms with van der Waals surface area (Å²) in [5.41, 5.74) is 1.46. The summed E-state index contributed by atoms with van der Waals surface area (Å²) in [6.45, 7) is 7.05. The molecule has 3 fully saturated rings. The number of hydrogen-bond acceptors (Lipinski definition) is 11. The number of carbonyl (C=O) groups excluding carboxylic acids is 2. The molecule has 0 saturated carbocycles. The lowest BCUT2D eigenvalue weighted by Crippen LogP contribution is -2.32. The molecule has 3 saturated heterocycles. The number of aryl methyl sites for hydroxylation is 1. The molecule has 0 unspecified atom stereocenters. The number of nitrogens with one attached hydrogen (secondary N) is 1. The minimum absolute atomic E-state index is 0.287. The summed E-state index contributed by atoms with van der Waals surface area (Å²) in [5, 5.41) is 1.89. The van der Waals surface area contributed by atoms with Crippen LogP contribution in [0.15, 0.2) is 47.4 Å². The molecule has 0 atom stereocenters. The average molecular weight is 559 g/mol. The number of carbonyl (C=O) groups is 2. The molecule has 206 valence electrons. The topological polar surface area (TPSA) is 117 Å². The van der Waals surface area contributed by atoms with Gasteiger partial charge in [-0.25, -0.2) is 9.97 Å². The number of thioether (sulfide) groups is 1. The van der Waals surface area contributed by atoms with Crippen molar-refractivity contribution in [2.45, 2.75) is 26.2 Å². The highest BCUT2D eigenvalue weighted by Gasteiger charge is 2.26. The zero-order chi connectivity index (χ0) is 27.5. The third kappa shape index (κ3) is 6.01. The molecular weight excluding hydrogens is 528 g/mol. The summed E-state index contributed by atoms with van der Waals surface area (Å²) >= 11 is 0.857. The van der Waals surface area contributed by atoms with Crippen LogP contribution >= 0.6 is 11.8 Å². The Balaban J connectivity index is 1.25. The van der Waals surface area contributed by atoms with Gasteiger partial charge in [-0.2, -0.15) is 9.97 Å². The molecule has 0 aliphatic carbocycles. The molecule has 6 rings (SSSR count). The monoisotopic (exact) mass is 558 g/mol. The highest BCUT2D eigenvalue weighted by atomic mass is 32.2. The van der Waals surface area contributed by atoms with Crippen LogP contribution in [0.25, 0.3) is 6.08 Å². The number of nitrogens with zero attached hydrogens (tertiary/aromatic N) is 7. The highest BCUT2D eigenvalue weighted by Crippen LogP contribution is 2.29. The maximum Gasteiger partial charge on any atom is 0.290 e. The Kier molecular flexibility index (Phi) is 7.49. The quantitative estimate of drug-likeness (QED) is 0.442. The first-order chi connectivity index (χ1) is 19.5. The number of benzene rings is 1. The predicted molar refractivity (Wildman–Crippen MR) is 155 cm³/mol. The first-order valence-corrected chi connectivity index (χ1v) is 14.3. The normalized spacial score (nSPS) is 18.8. The molecule has 2 amide bonds. The first-order valence-electron chi connectivity index (χ1n) is 13.5. The van der Waals surface area contributed by atoms with Gasteiger partial charge in [-0.1, -0.05) is 18.2 Å². The predicted octanol–water partition coefficient (Wildman–Crippen LogP) is 4.01. The molecule has 3 aliphatic heterocycles. The number of rotatable bonds is 6. The Morgan fingerprint density at radius 1 is 0.825 bits per heavy atom. The second kappa shape index (κ2) is 11.5. The van der Waals surface area contributed by atoms with E-state index in [1.807, 2.05) is 37.3 Å².